The number of allylic oxidation sites excluding steroid dienone is 2. The zero-order chi connectivity index (χ0) is 8.69. The summed E-state index contributed by atoms with van der Waals surface area (Å²) in [4.78, 5) is 0. The van der Waals surface area contributed by atoms with Gasteiger partial charge in [0.15, 0.2) is 0 Å². The molecule has 0 aromatic rings. The molecule has 0 saturated carbocycles. The molecule has 1 unspecified atom stereocenters. The van der Waals surface area contributed by atoms with Crippen LogP contribution in [0.5, 0.6) is 0 Å². The van der Waals surface area contributed by atoms with E-state index >= 15 is 0 Å². The van der Waals surface area contributed by atoms with Crippen molar-refractivity contribution in [3.05, 3.63) is 11.6 Å². The lowest BCUT2D eigenvalue weighted by atomic mass is 10.0. The SMILES string of the molecule is CCC/C(C#N)=C/C(C)CC. The van der Waals surface area contributed by atoms with Crippen LogP contribution < -0.4 is 0 Å². The predicted molar refractivity (Wildman–Crippen MR) is 48.1 cm³/mol. The van der Waals surface area contributed by atoms with E-state index in [4.69, 9.17) is 5.26 Å². The maximum atomic E-state index is 8.68. The third-order valence-electron chi connectivity index (χ3n) is 1.79. The second kappa shape index (κ2) is 5.97. The maximum absolute atomic E-state index is 8.68. The van der Waals surface area contributed by atoms with Crippen molar-refractivity contribution in [2.24, 2.45) is 5.92 Å². The number of nitriles is 1. The minimum Gasteiger partial charge on any atom is -0.193 e. The Labute approximate surface area is 69.7 Å². The number of rotatable bonds is 4. The van der Waals surface area contributed by atoms with Crippen molar-refractivity contribution in [2.45, 2.75) is 40.0 Å². The summed E-state index contributed by atoms with van der Waals surface area (Å²) < 4.78 is 0. The standard InChI is InChI=1S/C10H17N/c1-4-6-10(8-11)7-9(3)5-2/h7,9H,4-6H2,1-3H3/b10-7-. The quantitative estimate of drug-likeness (QED) is 0.566. The predicted octanol–water partition coefficient (Wildman–Crippen LogP) is 3.28. The van der Waals surface area contributed by atoms with E-state index < -0.39 is 0 Å². The van der Waals surface area contributed by atoms with Gasteiger partial charge in [0.1, 0.15) is 0 Å². The molecule has 11 heavy (non-hydrogen) atoms. The van der Waals surface area contributed by atoms with E-state index in [1.54, 1.807) is 0 Å². The first-order valence-electron chi connectivity index (χ1n) is 4.35. The number of hydrogen-bond donors (Lipinski definition) is 0. The molecule has 0 heterocycles. The van der Waals surface area contributed by atoms with Gasteiger partial charge in [0.2, 0.25) is 0 Å². The van der Waals surface area contributed by atoms with Crippen molar-refractivity contribution in [3.63, 3.8) is 0 Å². The van der Waals surface area contributed by atoms with Crippen LogP contribution in [0.4, 0.5) is 0 Å². The van der Waals surface area contributed by atoms with Crippen LogP contribution in [0.3, 0.4) is 0 Å². The summed E-state index contributed by atoms with van der Waals surface area (Å²) in [5, 5.41) is 8.68. The highest BCUT2D eigenvalue weighted by Gasteiger charge is 1.97. The van der Waals surface area contributed by atoms with Gasteiger partial charge in [-0.15, -0.1) is 0 Å². The lowest BCUT2D eigenvalue weighted by molar-refractivity contribution is 0.690. The van der Waals surface area contributed by atoms with Crippen LogP contribution >= 0.6 is 0 Å². The molecule has 0 radical (unpaired) electrons. The average Bonchev–Trinajstić information content (AvgIpc) is 2.03. The summed E-state index contributed by atoms with van der Waals surface area (Å²) >= 11 is 0. The molecule has 0 rings (SSSR count). The van der Waals surface area contributed by atoms with E-state index in [0.717, 1.165) is 24.8 Å². The van der Waals surface area contributed by atoms with Crippen LogP contribution in [0, 0.1) is 17.2 Å². The fourth-order valence-electron chi connectivity index (χ4n) is 0.907. The summed E-state index contributed by atoms with van der Waals surface area (Å²) in [6.07, 6.45) is 5.20. The highest BCUT2D eigenvalue weighted by Crippen LogP contribution is 2.10. The first kappa shape index (κ1) is 10.2. The van der Waals surface area contributed by atoms with Crippen molar-refractivity contribution < 1.29 is 0 Å². The second-order valence-electron chi connectivity index (χ2n) is 2.94. The highest BCUT2D eigenvalue weighted by atomic mass is 14.2. The Balaban J connectivity index is 4.02. The zero-order valence-corrected chi connectivity index (χ0v) is 7.72. The Morgan fingerprint density at radius 3 is 2.55 bits per heavy atom. The fourth-order valence-corrected chi connectivity index (χ4v) is 0.907. The Morgan fingerprint density at radius 2 is 2.18 bits per heavy atom. The monoisotopic (exact) mass is 151 g/mol. The molecule has 0 spiro atoms. The van der Waals surface area contributed by atoms with E-state index in [9.17, 15) is 0 Å². The molecule has 0 aliphatic rings. The van der Waals surface area contributed by atoms with Crippen LogP contribution in [0.15, 0.2) is 11.6 Å². The first-order chi connectivity index (χ1) is 5.24. The fraction of sp³-hybridized carbons (Fsp3) is 0.700. The molecular formula is C10H17N. The Bertz CT molecular complexity index is 162. The molecule has 0 bridgehead atoms. The molecule has 1 nitrogen and oxygen atoms in total. The molecule has 0 aliphatic heterocycles. The average molecular weight is 151 g/mol. The smallest absolute Gasteiger partial charge is 0.0943 e. The van der Waals surface area contributed by atoms with Crippen LogP contribution in [-0.4, -0.2) is 0 Å². The van der Waals surface area contributed by atoms with Gasteiger partial charge in [-0.3, -0.25) is 0 Å². The number of hydrogen-bond acceptors (Lipinski definition) is 1. The molecule has 0 N–H and O–H groups in total. The molecule has 0 saturated heterocycles. The lowest BCUT2D eigenvalue weighted by Gasteiger charge is -2.01. The zero-order valence-electron chi connectivity index (χ0n) is 7.72. The van der Waals surface area contributed by atoms with Gasteiger partial charge in [-0.1, -0.05) is 39.7 Å². The molecule has 0 amide bonds. The van der Waals surface area contributed by atoms with Crippen LogP contribution in [0.1, 0.15) is 40.0 Å². The van der Waals surface area contributed by atoms with Crippen molar-refractivity contribution in [1.82, 2.24) is 0 Å². The third kappa shape index (κ3) is 4.61. The minimum absolute atomic E-state index is 0.552. The van der Waals surface area contributed by atoms with Gasteiger partial charge in [-0.05, 0) is 12.3 Å². The van der Waals surface area contributed by atoms with Crippen LogP contribution in [0.25, 0.3) is 0 Å². The molecule has 0 aromatic carbocycles. The van der Waals surface area contributed by atoms with Crippen molar-refractivity contribution in [3.8, 4) is 6.07 Å². The van der Waals surface area contributed by atoms with Crippen molar-refractivity contribution >= 4 is 0 Å². The Morgan fingerprint density at radius 1 is 1.55 bits per heavy atom. The molecule has 62 valence electrons. The summed E-state index contributed by atoms with van der Waals surface area (Å²) in [5.74, 6) is 0.552. The highest BCUT2D eigenvalue weighted by molar-refractivity contribution is 5.20. The van der Waals surface area contributed by atoms with Crippen LogP contribution in [0.2, 0.25) is 0 Å². The lowest BCUT2D eigenvalue weighted by Crippen LogP contribution is -1.88. The van der Waals surface area contributed by atoms with E-state index in [1.165, 1.54) is 0 Å². The van der Waals surface area contributed by atoms with Crippen molar-refractivity contribution in [2.75, 3.05) is 0 Å². The van der Waals surface area contributed by atoms with Gasteiger partial charge in [-0.25, -0.2) is 0 Å². The third-order valence-corrected chi connectivity index (χ3v) is 1.79. The van der Waals surface area contributed by atoms with Gasteiger partial charge in [0.25, 0.3) is 0 Å². The van der Waals surface area contributed by atoms with Gasteiger partial charge in [0.05, 0.1) is 6.07 Å². The topological polar surface area (TPSA) is 23.8 Å². The minimum atomic E-state index is 0.552. The summed E-state index contributed by atoms with van der Waals surface area (Å²) in [5.41, 5.74) is 0.946. The molecule has 1 heteroatoms. The largest absolute Gasteiger partial charge is 0.193 e. The molecular weight excluding hydrogens is 134 g/mol. The van der Waals surface area contributed by atoms with Gasteiger partial charge in [-0.2, -0.15) is 5.26 Å². The Kier molecular flexibility index (Phi) is 5.56. The van der Waals surface area contributed by atoms with Gasteiger partial charge < -0.3 is 0 Å². The van der Waals surface area contributed by atoms with Gasteiger partial charge >= 0.3 is 0 Å². The van der Waals surface area contributed by atoms with Crippen molar-refractivity contribution in [1.29, 1.82) is 5.26 Å². The molecule has 0 fully saturated rings. The Hall–Kier alpha value is -0.770. The number of nitrogens with zero attached hydrogens (tertiary/aromatic N) is 1. The summed E-state index contributed by atoms with van der Waals surface area (Å²) in [6, 6.07) is 2.23. The summed E-state index contributed by atoms with van der Waals surface area (Å²) in [6.45, 7) is 6.39. The first-order valence-corrected chi connectivity index (χ1v) is 4.35. The molecule has 0 aliphatic carbocycles. The second-order valence-corrected chi connectivity index (χ2v) is 2.94. The van der Waals surface area contributed by atoms with E-state index in [1.807, 2.05) is 0 Å². The molecule has 1 atom stereocenters. The van der Waals surface area contributed by atoms with E-state index in [0.29, 0.717) is 5.92 Å². The van der Waals surface area contributed by atoms with E-state index in [2.05, 4.69) is 32.9 Å². The van der Waals surface area contributed by atoms with E-state index in [-0.39, 0.29) is 0 Å². The van der Waals surface area contributed by atoms with Gasteiger partial charge in [0, 0.05) is 5.57 Å². The molecule has 0 aromatic heterocycles. The van der Waals surface area contributed by atoms with Crippen LogP contribution in [-0.2, 0) is 0 Å². The maximum Gasteiger partial charge on any atom is 0.0943 e. The normalized spacial score (nSPS) is 14.2. The summed E-state index contributed by atoms with van der Waals surface area (Å²) in [7, 11) is 0.